The molecule has 37 heavy (non-hydrogen) atoms. The van der Waals surface area contributed by atoms with E-state index in [1.54, 1.807) is 31.4 Å². The number of methoxy groups -OCH3 is 1. The van der Waals surface area contributed by atoms with Gasteiger partial charge in [-0.15, -0.1) is 0 Å². The fraction of sp³-hybridized carbons (Fsp3) is 0.333. The molecule has 9 nitrogen and oxygen atoms in total. The smallest absolute Gasteiger partial charge is 0.271 e. The quantitative estimate of drug-likeness (QED) is 0.477. The van der Waals surface area contributed by atoms with E-state index in [4.69, 9.17) is 4.74 Å². The summed E-state index contributed by atoms with van der Waals surface area (Å²) < 4.78 is 20.1. The Kier molecular flexibility index (Phi) is 6.53. The predicted molar refractivity (Wildman–Crippen MR) is 132 cm³/mol. The van der Waals surface area contributed by atoms with Crippen molar-refractivity contribution in [2.75, 3.05) is 20.2 Å². The maximum atomic E-state index is 14.7. The number of benzene rings is 2. The maximum absolute atomic E-state index is 14.7. The Bertz CT molecular complexity index is 1430. The van der Waals surface area contributed by atoms with Gasteiger partial charge < -0.3 is 25.3 Å². The van der Waals surface area contributed by atoms with Crippen molar-refractivity contribution < 1.29 is 23.5 Å². The van der Waals surface area contributed by atoms with E-state index < -0.39 is 29.7 Å². The summed E-state index contributed by atoms with van der Waals surface area (Å²) >= 11 is 0. The highest BCUT2D eigenvalue weighted by Crippen LogP contribution is 2.34. The van der Waals surface area contributed by atoms with E-state index in [1.165, 1.54) is 17.0 Å². The first-order valence-electron chi connectivity index (χ1n) is 12.1. The SMILES string of the molecule is COc1cccc2[nH]c(C(=O)N3CCc4c(F)cccc4[C@H]3C(=O)N[C@H](C#N)C[C@@H]3CCNC3=O)cc12. The van der Waals surface area contributed by atoms with E-state index in [9.17, 15) is 24.0 Å². The Balaban J connectivity index is 1.47. The van der Waals surface area contributed by atoms with E-state index in [1.807, 2.05) is 6.07 Å². The van der Waals surface area contributed by atoms with Gasteiger partial charge in [0.1, 0.15) is 29.3 Å². The van der Waals surface area contributed by atoms with Crippen LogP contribution < -0.4 is 15.4 Å². The molecule has 2 aromatic carbocycles. The van der Waals surface area contributed by atoms with Crippen molar-refractivity contribution in [3.63, 3.8) is 0 Å². The molecular weight excluding hydrogens is 477 g/mol. The number of carbonyl (C=O) groups is 3. The van der Waals surface area contributed by atoms with Gasteiger partial charge in [0, 0.05) is 29.9 Å². The predicted octanol–water partition coefficient (Wildman–Crippen LogP) is 2.59. The highest BCUT2D eigenvalue weighted by Gasteiger charge is 2.39. The molecule has 0 bridgehead atoms. The number of nitriles is 1. The second-order valence-electron chi connectivity index (χ2n) is 9.27. The lowest BCUT2D eigenvalue weighted by Gasteiger charge is -2.36. The number of hydrogen-bond donors (Lipinski definition) is 3. The molecule has 3 aromatic rings. The molecule has 1 aromatic heterocycles. The molecule has 0 aliphatic carbocycles. The van der Waals surface area contributed by atoms with Crippen LogP contribution in [0.4, 0.5) is 4.39 Å². The van der Waals surface area contributed by atoms with Gasteiger partial charge >= 0.3 is 0 Å². The second-order valence-corrected chi connectivity index (χ2v) is 9.27. The second kappa shape index (κ2) is 9.93. The van der Waals surface area contributed by atoms with Crippen LogP contribution in [0.1, 0.15) is 40.5 Å². The summed E-state index contributed by atoms with van der Waals surface area (Å²) in [5.41, 5.74) is 1.71. The Morgan fingerprint density at radius 1 is 1.30 bits per heavy atom. The molecule has 5 rings (SSSR count). The van der Waals surface area contributed by atoms with Gasteiger partial charge in [-0.25, -0.2) is 4.39 Å². The molecule has 0 saturated carbocycles. The molecule has 1 saturated heterocycles. The van der Waals surface area contributed by atoms with Crippen LogP contribution in [-0.2, 0) is 16.0 Å². The summed E-state index contributed by atoms with van der Waals surface area (Å²) in [4.78, 5) is 43.8. The Hall–Kier alpha value is -4.39. The molecule has 3 atom stereocenters. The van der Waals surface area contributed by atoms with E-state index in [0.717, 1.165) is 5.39 Å². The number of hydrogen-bond acceptors (Lipinski definition) is 5. The third kappa shape index (κ3) is 4.48. The van der Waals surface area contributed by atoms with Crippen LogP contribution in [-0.4, -0.2) is 53.8 Å². The van der Waals surface area contributed by atoms with Gasteiger partial charge in [-0.3, -0.25) is 14.4 Å². The van der Waals surface area contributed by atoms with Gasteiger partial charge in [0.15, 0.2) is 0 Å². The maximum Gasteiger partial charge on any atom is 0.271 e. The number of fused-ring (bicyclic) bond motifs is 2. The zero-order valence-corrected chi connectivity index (χ0v) is 20.2. The normalized spacial score (nSPS) is 19.6. The Morgan fingerprint density at radius 2 is 2.11 bits per heavy atom. The fourth-order valence-corrected chi connectivity index (χ4v) is 5.25. The monoisotopic (exact) mass is 503 g/mol. The van der Waals surface area contributed by atoms with E-state index >= 15 is 0 Å². The number of halogens is 1. The first-order chi connectivity index (χ1) is 17.9. The van der Waals surface area contributed by atoms with E-state index in [0.29, 0.717) is 35.4 Å². The van der Waals surface area contributed by atoms with Crippen molar-refractivity contribution in [3.8, 4) is 11.8 Å². The number of aromatic amines is 1. The first-order valence-corrected chi connectivity index (χ1v) is 12.1. The average molecular weight is 504 g/mol. The lowest BCUT2D eigenvalue weighted by Crippen LogP contribution is -2.49. The highest BCUT2D eigenvalue weighted by molar-refractivity contribution is 6.02. The largest absolute Gasteiger partial charge is 0.496 e. The van der Waals surface area contributed by atoms with Crippen LogP contribution in [0.3, 0.4) is 0 Å². The van der Waals surface area contributed by atoms with Crippen molar-refractivity contribution >= 4 is 28.6 Å². The third-order valence-electron chi connectivity index (χ3n) is 7.10. The molecule has 2 aliphatic heterocycles. The van der Waals surface area contributed by atoms with Crippen LogP contribution in [0.15, 0.2) is 42.5 Å². The van der Waals surface area contributed by atoms with Crippen molar-refractivity contribution in [1.82, 2.24) is 20.5 Å². The summed E-state index contributed by atoms with van der Waals surface area (Å²) in [5.74, 6) is -1.40. The number of nitrogens with one attached hydrogen (secondary N) is 3. The van der Waals surface area contributed by atoms with Gasteiger partial charge in [-0.1, -0.05) is 18.2 Å². The van der Waals surface area contributed by atoms with Gasteiger partial charge in [0.05, 0.1) is 13.2 Å². The summed E-state index contributed by atoms with van der Waals surface area (Å²) in [7, 11) is 1.54. The number of rotatable bonds is 6. The first kappa shape index (κ1) is 24.3. The lowest BCUT2D eigenvalue weighted by atomic mass is 9.90. The minimum Gasteiger partial charge on any atom is -0.496 e. The van der Waals surface area contributed by atoms with Crippen molar-refractivity contribution in [2.24, 2.45) is 5.92 Å². The molecule has 3 heterocycles. The highest BCUT2D eigenvalue weighted by atomic mass is 19.1. The van der Waals surface area contributed by atoms with Crippen LogP contribution in [0.2, 0.25) is 0 Å². The van der Waals surface area contributed by atoms with Crippen molar-refractivity contribution in [2.45, 2.75) is 31.3 Å². The van der Waals surface area contributed by atoms with Crippen molar-refractivity contribution in [1.29, 1.82) is 5.26 Å². The summed E-state index contributed by atoms with van der Waals surface area (Å²) in [6.07, 6.45) is 0.983. The number of amides is 3. The van der Waals surface area contributed by atoms with E-state index in [-0.39, 0.29) is 36.9 Å². The molecule has 3 amide bonds. The molecule has 1 fully saturated rings. The minimum atomic E-state index is -1.14. The van der Waals surface area contributed by atoms with Crippen LogP contribution in [0.25, 0.3) is 10.9 Å². The molecule has 2 aliphatic rings. The fourth-order valence-electron chi connectivity index (χ4n) is 5.25. The van der Waals surface area contributed by atoms with Gasteiger partial charge in [0.25, 0.3) is 5.91 Å². The summed E-state index contributed by atoms with van der Waals surface area (Å²) in [6.45, 7) is 0.641. The van der Waals surface area contributed by atoms with Crippen LogP contribution in [0.5, 0.6) is 5.75 Å². The number of carbonyl (C=O) groups excluding carboxylic acids is 3. The number of ether oxygens (including phenoxy) is 1. The molecule has 3 N–H and O–H groups in total. The minimum absolute atomic E-state index is 0.111. The number of H-pyrrole nitrogens is 1. The van der Waals surface area contributed by atoms with Gasteiger partial charge in [0.2, 0.25) is 11.8 Å². The lowest BCUT2D eigenvalue weighted by molar-refractivity contribution is -0.127. The molecule has 0 radical (unpaired) electrons. The molecular formula is C27H26FN5O4. The molecule has 10 heteroatoms. The number of aromatic nitrogens is 1. The molecule has 0 spiro atoms. The summed E-state index contributed by atoms with van der Waals surface area (Å²) in [5, 5.41) is 15.8. The zero-order chi connectivity index (χ0) is 26.1. The molecule has 190 valence electrons. The Morgan fingerprint density at radius 3 is 2.84 bits per heavy atom. The van der Waals surface area contributed by atoms with Crippen molar-refractivity contribution in [3.05, 3.63) is 65.1 Å². The zero-order valence-electron chi connectivity index (χ0n) is 20.2. The van der Waals surface area contributed by atoms with E-state index in [2.05, 4.69) is 21.7 Å². The van der Waals surface area contributed by atoms with Gasteiger partial charge in [-0.2, -0.15) is 5.26 Å². The topological polar surface area (TPSA) is 127 Å². The third-order valence-corrected chi connectivity index (χ3v) is 7.10. The average Bonchev–Trinajstić information content (AvgIpc) is 3.53. The summed E-state index contributed by atoms with van der Waals surface area (Å²) in [6, 6.07) is 11.5. The number of nitrogens with zero attached hydrogens (tertiary/aromatic N) is 2. The van der Waals surface area contributed by atoms with Gasteiger partial charge in [-0.05, 0) is 54.7 Å². The molecule has 0 unspecified atom stereocenters. The van der Waals surface area contributed by atoms with Crippen LogP contribution in [0, 0.1) is 23.1 Å². The van der Waals surface area contributed by atoms with Crippen LogP contribution >= 0.6 is 0 Å². The Labute approximate surface area is 212 Å². The standard InChI is InChI=1S/C27H26FN5O4/c1-37-23-7-3-6-21-19(23)13-22(32-21)27(36)33-11-9-17-18(4-2-5-20(17)28)24(33)26(35)31-16(14-29)12-15-8-10-30-25(15)34/h2-7,13,15-16,24,32H,8-12H2,1H3,(H,30,34)(H,31,35)/t15-,16-,24-/m0/s1.